The molecule has 4 aromatic heterocycles. The molecule has 0 N–H and O–H groups in total. The summed E-state index contributed by atoms with van der Waals surface area (Å²) in [6.45, 7) is 8.37. The van der Waals surface area contributed by atoms with Crippen molar-refractivity contribution in [1.29, 1.82) is 0 Å². The summed E-state index contributed by atoms with van der Waals surface area (Å²) in [5.41, 5.74) is 16.7. The topological polar surface area (TPSA) is 70.0 Å². The number of fused-ring (bicyclic) bond motifs is 18. The zero-order valence-corrected chi connectivity index (χ0v) is 62.1. The number of aromatic nitrogens is 4. The molecular weight excluding hydrogens is 1380 g/mol. The van der Waals surface area contributed by atoms with Crippen LogP contribution in [0.2, 0.25) is 5.28 Å². The fraction of sp³-hybridized carbons (Fsp3) is 0.0612. The lowest BCUT2D eigenvalue weighted by Crippen LogP contribution is -2.41. The third kappa shape index (κ3) is 12.1. The highest BCUT2D eigenvalue weighted by Crippen LogP contribution is 2.45. The first-order valence-corrected chi connectivity index (χ1v) is 38.5. The van der Waals surface area contributed by atoms with Gasteiger partial charge in [0, 0.05) is 36.9 Å². The standard InChI is InChI=1S/C46H28N2S.C36H31BO2.C16H9ClN2S/c1-2-12-29(13-3-1)43-45-44(40-22-8-9-23-42(40)49-45)48-46(47-43)34-17-11-16-32(27-34)30-14-10-15-31(26-30)33-24-25-39-37-20-5-4-18-35(37)36-19-6-7-21-38(36)41(39)28-33;1-35(2)36(3,4)39-37(38-35)28-14-10-13-26(22-28)24-11-9-12-25(21-24)27-19-20-33-31-17-6-5-15-29(31)30-16-7-8-18-32(30)34(33)23-27;17-16-18-13(10-6-2-1-3-7-10)15-14(19-16)11-8-4-5-9-12(11)20-15/h1-28H;5-23H,1-4H3;1-9H. The van der Waals surface area contributed by atoms with Crippen LogP contribution in [0.5, 0.6) is 0 Å². The Morgan fingerprint density at radius 3 is 0.991 bits per heavy atom. The first-order chi connectivity index (χ1) is 52.9. The summed E-state index contributed by atoms with van der Waals surface area (Å²) in [6.07, 6.45) is 0. The summed E-state index contributed by atoms with van der Waals surface area (Å²) < 4.78 is 17.3. The molecule has 16 aromatic carbocycles. The maximum Gasteiger partial charge on any atom is 0.494 e. The fourth-order valence-corrected chi connectivity index (χ4v) is 18.0. The molecule has 0 unspecified atom stereocenters. The highest BCUT2D eigenvalue weighted by Gasteiger charge is 2.51. The van der Waals surface area contributed by atoms with Gasteiger partial charge in [0.25, 0.3) is 0 Å². The molecule has 20 aromatic rings. The second-order valence-corrected chi connectivity index (χ2v) is 31.1. The smallest absolute Gasteiger partial charge is 0.399 e. The summed E-state index contributed by atoms with van der Waals surface area (Å²) >= 11 is 9.58. The highest BCUT2D eigenvalue weighted by atomic mass is 35.5. The van der Waals surface area contributed by atoms with E-state index >= 15 is 0 Å². The molecular formula is C98H68BClN4O2S2. The second-order valence-electron chi connectivity index (χ2n) is 28.7. The Labute approximate surface area is 639 Å². The van der Waals surface area contributed by atoms with E-state index in [1.165, 1.54) is 107 Å². The molecule has 108 heavy (non-hydrogen) atoms. The molecule has 6 nitrogen and oxygen atoms in total. The van der Waals surface area contributed by atoms with Crippen LogP contribution in [0.15, 0.2) is 340 Å². The Balaban J connectivity index is 0.000000119. The van der Waals surface area contributed by atoms with Crippen LogP contribution in [0.3, 0.4) is 0 Å². The van der Waals surface area contributed by atoms with Crippen molar-refractivity contribution >= 4 is 152 Å². The quantitative estimate of drug-likeness (QED) is 0.0858. The van der Waals surface area contributed by atoms with E-state index in [1.807, 2.05) is 48.5 Å². The van der Waals surface area contributed by atoms with Crippen LogP contribution in [0, 0.1) is 0 Å². The average Bonchev–Trinajstić information content (AvgIpc) is 1.11. The van der Waals surface area contributed by atoms with Gasteiger partial charge in [0.15, 0.2) is 5.82 Å². The van der Waals surface area contributed by atoms with E-state index in [9.17, 15) is 0 Å². The van der Waals surface area contributed by atoms with Crippen LogP contribution in [0.1, 0.15) is 27.7 Å². The molecule has 1 aliphatic rings. The van der Waals surface area contributed by atoms with Gasteiger partial charge in [0.1, 0.15) is 0 Å². The van der Waals surface area contributed by atoms with Crippen molar-refractivity contribution in [1.82, 2.24) is 19.9 Å². The number of benzene rings is 16. The molecule has 0 saturated carbocycles. The van der Waals surface area contributed by atoms with E-state index in [4.69, 9.17) is 30.9 Å². The molecule has 5 heterocycles. The molecule has 0 spiro atoms. The number of nitrogens with zero attached hydrogens (tertiary/aromatic N) is 4. The van der Waals surface area contributed by atoms with E-state index < -0.39 is 0 Å². The van der Waals surface area contributed by atoms with E-state index in [1.54, 1.807) is 22.7 Å². The van der Waals surface area contributed by atoms with Crippen LogP contribution >= 0.6 is 34.3 Å². The molecule has 0 aliphatic carbocycles. The third-order valence-corrected chi connectivity index (χ3v) is 24.1. The summed E-state index contributed by atoms with van der Waals surface area (Å²) in [7, 11) is -0.373. The van der Waals surface area contributed by atoms with Gasteiger partial charge >= 0.3 is 7.12 Å². The number of hydrogen-bond acceptors (Lipinski definition) is 8. The van der Waals surface area contributed by atoms with E-state index in [0.717, 1.165) is 81.9 Å². The molecule has 21 rings (SSSR count). The molecule has 1 fully saturated rings. The number of halogens is 1. The van der Waals surface area contributed by atoms with Crippen LogP contribution in [-0.4, -0.2) is 38.3 Å². The van der Waals surface area contributed by atoms with Crippen molar-refractivity contribution in [2.24, 2.45) is 0 Å². The maximum absolute atomic E-state index is 6.32. The Morgan fingerprint density at radius 2 is 0.565 bits per heavy atom. The lowest BCUT2D eigenvalue weighted by atomic mass is 9.78. The van der Waals surface area contributed by atoms with E-state index in [-0.39, 0.29) is 18.3 Å². The summed E-state index contributed by atoms with van der Waals surface area (Å²) in [5.74, 6) is 0.738. The van der Waals surface area contributed by atoms with Gasteiger partial charge in [0.2, 0.25) is 5.28 Å². The highest BCUT2D eigenvalue weighted by molar-refractivity contribution is 7.26. The van der Waals surface area contributed by atoms with Gasteiger partial charge in [-0.05, 0) is 196 Å². The van der Waals surface area contributed by atoms with Crippen molar-refractivity contribution in [2.75, 3.05) is 0 Å². The predicted octanol–water partition coefficient (Wildman–Crippen LogP) is 26.9. The summed E-state index contributed by atoms with van der Waals surface area (Å²) in [6, 6.07) is 121. The molecule has 1 aliphatic heterocycles. The number of thiophene rings is 2. The van der Waals surface area contributed by atoms with Crippen LogP contribution < -0.4 is 5.46 Å². The fourth-order valence-electron chi connectivity index (χ4n) is 15.5. The predicted molar refractivity (Wildman–Crippen MR) is 460 cm³/mol. The Kier molecular flexibility index (Phi) is 16.9. The zero-order valence-electron chi connectivity index (χ0n) is 59.7. The largest absolute Gasteiger partial charge is 0.494 e. The van der Waals surface area contributed by atoms with Gasteiger partial charge < -0.3 is 9.31 Å². The van der Waals surface area contributed by atoms with Gasteiger partial charge in [-0.25, -0.2) is 19.9 Å². The van der Waals surface area contributed by atoms with Gasteiger partial charge in [-0.1, -0.05) is 297 Å². The number of rotatable bonds is 8. The first-order valence-electron chi connectivity index (χ1n) is 36.5. The minimum absolute atomic E-state index is 0.292. The lowest BCUT2D eigenvalue weighted by molar-refractivity contribution is 0.00578. The molecule has 10 heteroatoms. The van der Waals surface area contributed by atoms with E-state index in [2.05, 4.69) is 329 Å². The Bertz CT molecular complexity index is 6850. The molecule has 514 valence electrons. The Morgan fingerprint density at radius 1 is 0.259 bits per heavy atom. The van der Waals surface area contributed by atoms with Crippen molar-refractivity contribution in [3.8, 4) is 78.4 Å². The van der Waals surface area contributed by atoms with Crippen molar-refractivity contribution in [3.63, 3.8) is 0 Å². The SMILES string of the molecule is CC1(C)OB(c2cccc(-c3cccc(-c4ccc5c6ccccc6c6ccccc6c5c4)c3)c2)OC1(C)C.Clc1nc(-c2ccccc2)c2sc3ccccc3c2n1.c1ccc(-c2nc(-c3cccc(-c4cccc(-c5ccc6c7ccccc7c7ccccc7c6c5)c4)c3)nc3c2sc2ccccc23)cc1. The first kappa shape index (κ1) is 66.6. The van der Waals surface area contributed by atoms with Gasteiger partial charge in [-0.15, -0.1) is 22.7 Å². The molecule has 0 radical (unpaired) electrons. The van der Waals surface area contributed by atoms with Gasteiger partial charge in [0.05, 0.1) is 43.0 Å². The lowest BCUT2D eigenvalue weighted by Gasteiger charge is -2.32. The van der Waals surface area contributed by atoms with Gasteiger partial charge in [-0.3, -0.25) is 0 Å². The minimum Gasteiger partial charge on any atom is -0.399 e. The molecule has 0 amide bonds. The van der Waals surface area contributed by atoms with Gasteiger partial charge in [-0.2, -0.15) is 0 Å². The summed E-state index contributed by atoms with van der Waals surface area (Å²) in [4.78, 5) is 19.3. The molecule has 0 atom stereocenters. The van der Waals surface area contributed by atoms with Crippen molar-refractivity contribution < 1.29 is 9.31 Å². The van der Waals surface area contributed by atoms with Crippen LogP contribution in [0.4, 0.5) is 0 Å². The molecule has 0 bridgehead atoms. The zero-order chi connectivity index (χ0) is 72.6. The maximum atomic E-state index is 6.32. The second kappa shape index (κ2) is 27.4. The number of hydrogen-bond donors (Lipinski definition) is 0. The Hall–Kier alpha value is -12.0. The normalized spacial score (nSPS) is 13.3. The van der Waals surface area contributed by atoms with Crippen LogP contribution in [0.25, 0.3) is 184 Å². The molecule has 1 saturated heterocycles. The van der Waals surface area contributed by atoms with Crippen molar-refractivity contribution in [3.05, 3.63) is 345 Å². The third-order valence-electron chi connectivity index (χ3n) is 21.6. The van der Waals surface area contributed by atoms with Crippen molar-refractivity contribution in [2.45, 2.75) is 38.9 Å². The van der Waals surface area contributed by atoms with E-state index in [0.29, 0.717) is 5.28 Å². The monoisotopic (exact) mass is 1440 g/mol. The summed E-state index contributed by atoms with van der Waals surface area (Å²) in [5, 5.41) is 18.1. The average molecular weight is 1440 g/mol. The van der Waals surface area contributed by atoms with Crippen LogP contribution in [-0.2, 0) is 9.31 Å². The minimum atomic E-state index is -0.373.